The van der Waals surface area contributed by atoms with Crippen molar-refractivity contribution in [3.05, 3.63) is 35.4 Å². The molecule has 2 rings (SSSR count). The first-order valence-corrected chi connectivity index (χ1v) is 5.84. The van der Waals surface area contributed by atoms with Crippen LogP contribution in [0.5, 0.6) is 0 Å². The molecule has 0 unspecified atom stereocenters. The first-order valence-electron chi connectivity index (χ1n) is 5.84. The number of hydrogen-bond acceptors (Lipinski definition) is 3. The van der Waals surface area contributed by atoms with E-state index < -0.39 is 0 Å². The molecule has 2 heterocycles. The third-order valence-electron chi connectivity index (χ3n) is 2.94. The average Bonchev–Trinajstić information content (AvgIpc) is 2.86. The molecular formula is C12H19N5. The van der Waals surface area contributed by atoms with Gasteiger partial charge in [0.05, 0.1) is 12.4 Å². The highest BCUT2D eigenvalue weighted by Gasteiger charge is 2.05. The molecule has 0 fully saturated rings. The Bertz CT molecular complexity index is 483. The quantitative estimate of drug-likeness (QED) is 0.834. The van der Waals surface area contributed by atoms with Gasteiger partial charge in [0, 0.05) is 37.6 Å². The molecule has 0 aromatic carbocycles. The zero-order valence-corrected chi connectivity index (χ0v) is 10.6. The third-order valence-corrected chi connectivity index (χ3v) is 2.94. The maximum absolute atomic E-state index is 4.41. The largest absolute Gasteiger partial charge is 0.316 e. The minimum absolute atomic E-state index is 0.874. The van der Waals surface area contributed by atoms with Gasteiger partial charge in [-0.3, -0.25) is 9.36 Å². The Morgan fingerprint density at radius 1 is 1.29 bits per heavy atom. The summed E-state index contributed by atoms with van der Waals surface area (Å²) in [4.78, 5) is 0. The predicted octanol–water partition coefficient (Wildman–Crippen LogP) is 0.887. The van der Waals surface area contributed by atoms with Crippen LogP contribution in [-0.2, 0) is 26.6 Å². The van der Waals surface area contributed by atoms with Gasteiger partial charge in [0.15, 0.2) is 0 Å². The molecule has 0 bridgehead atoms. The Balaban J connectivity index is 1.99. The molecule has 5 heteroatoms. The van der Waals surface area contributed by atoms with Crippen LogP contribution in [0.15, 0.2) is 18.6 Å². The molecule has 1 N–H and O–H groups in total. The highest BCUT2D eigenvalue weighted by Crippen LogP contribution is 2.08. The number of hydrogen-bond donors (Lipinski definition) is 1. The summed E-state index contributed by atoms with van der Waals surface area (Å²) >= 11 is 0. The first-order chi connectivity index (χ1) is 8.20. The van der Waals surface area contributed by atoms with Crippen molar-refractivity contribution in [1.82, 2.24) is 24.9 Å². The molecule has 2 aromatic heterocycles. The summed E-state index contributed by atoms with van der Waals surface area (Å²) in [5, 5.41) is 11.7. The van der Waals surface area contributed by atoms with Crippen molar-refractivity contribution in [2.45, 2.75) is 26.4 Å². The summed E-state index contributed by atoms with van der Waals surface area (Å²) in [5.41, 5.74) is 3.75. The second-order valence-corrected chi connectivity index (χ2v) is 4.28. The second kappa shape index (κ2) is 5.14. The maximum atomic E-state index is 4.41. The standard InChI is InChI=1S/C12H19N5/c1-10-12(7-13-2)8-15-17(10)5-4-11-6-14-16(3)9-11/h6,8-9,13H,4-5,7H2,1-3H3. The molecular weight excluding hydrogens is 214 g/mol. The van der Waals surface area contributed by atoms with Gasteiger partial charge in [-0.1, -0.05) is 0 Å². The van der Waals surface area contributed by atoms with Crippen molar-refractivity contribution in [2.75, 3.05) is 7.05 Å². The van der Waals surface area contributed by atoms with E-state index in [2.05, 4.69) is 27.1 Å². The number of aryl methyl sites for hydroxylation is 3. The van der Waals surface area contributed by atoms with Crippen molar-refractivity contribution in [3.8, 4) is 0 Å². The van der Waals surface area contributed by atoms with Gasteiger partial charge in [0.2, 0.25) is 0 Å². The van der Waals surface area contributed by atoms with E-state index in [1.54, 1.807) is 0 Å². The summed E-state index contributed by atoms with van der Waals surface area (Å²) in [6.45, 7) is 3.89. The monoisotopic (exact) mass is 233 g/mol. The van der Waals surface area contributed by atoms with Gasteiger partial charge in [0.1, 0.15) is 0 Å². The van der Waals surface area contributed by atoms with E-state index in [-0.39, 0.29) is 0 Å². The zero-order chi connectivity index (χ0) is 12.3. The molecule has 0 atom stereocenters. The lowest BCUT2D eigenvalue weighted by Gasteiger charge is -2.04. The molecule has 2 aromatic rings. The van der Waals surface area contributed by atoms with Crippen LogP contribution in [0, 0.1) is 6.92 Å². The van der Waals surface area contributed by atoms with Gasteiger partial charge >= 0.3 is 0 Å². The van der Waals surface area contributed by atoms with E-state index in [1.807, 2.05) is 37.4 Å². The number of nitrogens with zero attached hydrogens (tertiary/aromatic N) is 4. The summed E-state index contributed by atoms with van der Waals surface area (Å²) < 4.78 is 3.89. The minimum atomic E-state index is 0.874. The normalized spacial score (nSPS) is 11.0. The summed E-state index contributed by atoms with van der Waals surface area (Å²) in [6.07, 6.45) is 6.87. The van der Waals surface area contributed by atoms with Crippen LogP contribution >= 0.6 is 0 Å². The third kappa shape index (κ3) is 2.74. The fourth-order valence-electron chi connectivity index (χ4n) is 1.91. The Morgan fingerprint density at radius 3 is 2.76 bits per heavy atom. The van der Waals surface area contributed by atoms with Crippen LogP contribution in [0.2, 0.25) is 0 Å². The van der Waals surface area contributed by atoms with E-state index >= 15 is 0 Å². The molecule has 0 saturated carbocycles. The molecule has 5 nitrogen and oxygen atoms in total. The molecule has 0 aliphatic heterocycles. The lowest BCUT2D eigenvalue weighted by Crippen LogP contribution is -2.08. The van der Waals surface area contributed by atoms with Crippen molar-refractivity contribution < 1.29 is 0 Å². The van der Waals surface area contributed by atoms with Crippen molar-refractivity contribution >= 4 is 0 Å². The summed E-state index contributed by atoms with van der Waals surface area (Å²) in [6, 6.07) is 0. The van der Waals surface area contributed by atoms with Gasteiger partial charge in [-0.15, -0.1) is 0 Å². The fraction of sp³-hybridized carbons (Fsp3) is 0.500. The summed E-state index contributed by atoms with van der Waals surface area (Å²) in [7, 11) is 3.89. The molecule has 0 aliphatic rings. The Labute approximate surface area is 101 Å². The van der Waals surface area contributed by atoms with E-state index in [0.29, 0.717) is 0 Å². The van der Waals surface area contributed by atoms with Crippen LogP contribution in [0.3, 0.4) is 0 Å². The van der Waals surface area contributed by atoms with Crippen molar-refractivity contribution in [1.29, 1.82) is 0 Å². The topological polar surface area (TPSA) is 47.7 Å². The lowest BCUT2D eigenvalue weighted by atomic mass is 10.2. The van der Waals surface area contributed by atoms with Crippen LogP contribution in [0.4, 0.5) is 0 Å². The van der Waals surface area contributed by atoms with Crippen LogP contribution in [-0.4, -0.2) is 26.6 Å². The van der Waals surface area contributed by atoms with Gasteiger partial charge in [-0.25, -0.2) is 0 Å². The highest BCUT2D eigenvalue weighted by atomic mass is 15.3. The first kappa shape index (κ1) is 11.9. The number of nitrogens with one attached hydrogen (secondary N) is 1. The zero-order valence-electron chi connectivity index (χ0n) is 10.6. The van der Waals surface area contributed by atoms with Crippen LogP contribution < -0.4 is 5.32 Å². The second-order valence-electron chi connectivity index (χ2n) is 4.28. The predicted molar refractivity (Wildman–Crippen MR) is 66.6 cm³/mol. The Hall–Kier alpha value is -1.62. The smallest absolute Gasteiger partial charge is 0.0537 e. The molecule has 0 spiro atoms. The van der Waals surface area contributed by atoms with Crippen LogP contribution in [0.1, 0.15) is 16.8 Å². The van der Waals surface area contributed by atoms with Gasteiger partial charge < -0.3 is 5.32 Å². The highest BCUT2D eigenvalue weighted by molar-refractivity contribution is 5.16. The van der Waals surface area contributed by atoms with Gasteiger partial charge in [-0.05, 0) is 26.0 Å². The van der Waals surface area contributed by atoms with Gasteiger partial charge in [-0.2, -0.15) is 10.2 Å². The van der Waals surface area contributed by atoms with E-state index in [1.165, 1.54) is 16.8 Å². The summed E-state index contributed by atoms with van der Waals surface area (Å²) in [5.74, 6) is 0. The van der Waals surface area contributed by atoms with E-state index in [0.717, 1.165) is 19.5 Å². The minimum Gasteiger partial charge on any atom is -0.316 e. The molecule has 17 heavy (non-hydrogen) atoms. The molecule has 0 aliphatic carbocycles. The molecule has 0 radical (unpaired) electrons. The molecule has 0 amide bonds. The SMILES string of the molecule is CNCc1cnn(CCc2cnn(C)c2)c1C. The van der Waals surface area contributed by atoms with Crippen molar-refractivity contribution in [2.24, 2.45) is 7.05 Å². The van der Waals surface area contributed by atoms with Crippen molar-refractivity contribution in [3.63, 3.8) is 0 Å². The molecule has 0 saturated heterocycles. The van der Waals surface area contributed by atoms with Gasteiger partial charge in [0.25, 0.3) is 0 Å². The molecule has 92 valence electrons. The average molecular weight is 233 g/mol. The van der Waals surface area contributed by atoms with Crippen LogP contribution in [0.25, 0.3) is 0 Å². The number of rotatable bonds is 5. The van der Waals surface area contributed by atoms with E-state index in [9.17, 15) is 0 Å². The number of aromatic nitrogens is 4. The Morgan fingerprint density at radius 2 is 2.12 bits per heavy atom. The lowest BCUT2D eigenvalue weighted by molar-refractivity contribution is 0.596. The Kier molecular flexibility index (Phi) is 3.58. The van der Waals surface area contributed by atoms with E-state index in [4.69, 9.17) is 0 Å². The fourth-order valence-corrected chi connectivity index (χ4v) is 1.91. The maximum Gasteiger partial charge on any atom is 0.0537 e.